The zero-order chi connectivity index (χ0) is 22.2. The third kappa shape index (κ3) is 6.26. The average molecular weight is 555 g/mol. The zero-order valence-corrected chi connectivity index (χ0v) is 21.0. The van der Waals surface area contributed by atoms with Gasteiger partial charge in [0.25, 0.3) is 0 Å². The Morgan fingerprint density at radius 3 is 2.36 bits per heavy atom. The molecule has 0 atom stereocenters. The number of para-hydroxylation sites is 2. The Labute approximate surface area is 212 Å². The molecule has 172 valence electrons. The predicted molar refractivity (Wildman–Crippen MR) is 144 cm³/mol. The number of hydrogen-bond acceptors (Lipinski definition) is 4. The van der Waals surface area contributed by atoms with Gasteiger partial charge in [0.2, 0.25) is 0 Å². The number of nitriles is 1. The van der Waals surface area contributed by atoms with Crippen molar-refractivity contribution < 1.29 is 0 Å². The summed E-state index contributed by atoms with van der Waals surface area (Å²) in [6.07, 6.45) is 5.09. The Bertz CT molecular complexity index is 1080. The number of likely N-dealkylation sites (tertiary alicyclic amines) is 1. The smallest absolute Gasteiger partial charge is 0.198 e. The third-order valence-corrected chi connectivity index (χ3v) is 5.62. The van der Waals surface area contributed by atoms with E-state index >= 15 is 0 Å². The number of halogens is 1. The van der Waals surface area contributed by atoms with Gasteiger partial charge in [-0.3, -0.25) is 4.99 Å². The lowest BCUT2D eigenvalue weighted by Gasteiger charge is -2.30. The molecule has 2 aromatic carbocycles. The number of aliphatic imine (C=N–C) groups is 1. The van der Waals surface area contributed by atoms with Gasteiger partial charge < -0.3 is 16.0 Å². The van der Waals surface area contributed by atoms with Gasteiger partial charge in [-0.05, 0) is 56.4 Å². The van der Waals surface area contributed by atoms with Crippen molar-refractivity contribution in [3.8, 4) is 11.8 Å². The fourth-order valence-electron chi connectivity index (χ4n) is 3.95. The molecule has 0 saturated carbocycles. The molecule has 0 spiro atoms. The van der Waals surface area contributed by atoms with Gasteiger partial charge in [-0.1, -0.05) is 36.4 Å². The molecule has 1 aliphatic heterocycles. The van der Waals surface area contributed by atoms with Crippen molar-refractivity contribution in [2.24, 2.45) is 4.99 Å². The van der Waals surface area contributed by atoms with E-state index in [1.54, 1.807) is 4.68 Å². The number of piperidine rings is 1. The van der Waals surface area contributed by atoms with Gasteiger partial charge in [0, 0.05) is 25.3 Å². The van der Waals surface area contributed by atoms with Gasteiger partial charge in [-0.2, -0.15) is 10.4 Å². The quantitative estimate of drug-likeness (QED) is 0.197. The van der Waals surface area contributed by atoms with Gasteiger partial charge in [0.1, 0.15) is 17.5 Å². The van der Waals surface area contributed by atoms with Crippen molar-refractivity contribution in [2.75, 3.05) is 30.7 Å². The Hall–Kier alpha value is -3.06. The number of anilines is 2. The highest BCUT2D eigenvalue weighted by atomic mass is 127. The summed E-state index contributed by atoms with van der Waals surface area (Å²) in [6.45, 7) is 2.69. The van der Waals surface area contributed by atoms with E-state index in [1.807, 2.05) is 48.5 Å². The van der Waals surface area contributed by atoms with Crippen LogP contribution in [0.1, 0.15) is 36.9 Å². The zero-order valence-electron chi connectivity index (χ0n) is 18.7. The van der Waals surface area contributed by atoms with E-state index < -0.39 is 0 Å². The van der Waals surface area contributed by atoms with Crippen molar-refractivity contribution in [2.45, 2.75) is 32.1 Å². The highest BCUT2D eigenvalue weighted by Crippen LogP contribution is 2.21. The van der Waals surface area contributed by atoms with Gasteiger partial charge in [-0.25, -0.2) is 4.68 Å². The number of guanidine groups is 1. The van der Waals surface area contributed by atoms with Gasteiger partial charge >= 0.3 is 0 Å². The lowest BCUT2D eigenvalue weighted by molar-refractivity contribution is 0.340. The predicted octanol–water partition coefficient (Wildman–Crippen LogP) is 4.83. The van der Waals surface area contributed by atoms with E-state index in [9.17, 15) is 5.26 Å². The average Bonchev–Trinajstić information content (AvgIpc) is 3.17. The lowest BCUT2D eigenvalue weighted by Crippen LogP contribution is -2.40. The van der Waals surface area contributed by atoms with Gasteiger partial charge in [0.05, 0.1) is 11.4 Å². The van der Waals surface area contributed by atoms with Crippen molar-refractivity contribution in [3.05, 3.63) is 71.9 Å². The number of aromatic nitrogens is 2. The van der Waals surface area contributed by atoms with E-state index in [-0.39, 0.29) is 24.0 Å². The molecule has 4 rings (SSSR count). The van der Waals surface area contributed by atoms with Crippen LogP contribution in [0.5, 0.6) is 0 Å². The van der Waals surface area contributed by atoms with Gasteiger partial charge in [-0.15, -0.1) is 24.0 Å². The second-order valence-corrected chi connectivity index (χ2v) is 7.91. The monoisotopic (exact) mass is 555 g/mol. The number of nitrogen functional groups attached to an aromatic ring is 1. The Morgan fingerprint density at radius 2 is 1.70 bits per heavy atom. The van der Waals surface area contributed by atoms with Crippen molar-refractivity contribution in [3.63, 3.8) is 0 Å². The highest BCUT2D eigenvalue weighted by molar-refractivity contribution is 14.0. The minimum absolute atomic E-state index is 0. The molecule has 1 aromatic heterocycles. The Kier molecular flexibility index (Phi) is 9.13. The first kappa shape index (κ1) is 24.6. The standard InChI is InChI=1S/C25H29N7.HI/c26-19-22-23(30-32(24(22)27)21-13-6-2-7-14-21)15-10-16-28-25(31-17-8-3-9-18-31)29-20-11-4-1-5-12-20;/h1-2,4-7,11-14H,3,8-10,15-18,27H2,(H,28,29);1H. The molecule has 1 aliphatic rings. The first-order valence-electron chi connectivity index (χ1n) is 11.2. The van der Waals surface area contributed by atoms with Gasteiger partial charge in [0.15, 0.2) is 5.96 Å². The van der Waals surface area contributed by atoms with E-state index in [2.05, 4.69) is 33.5 Å². The molecule has 0 bridgehead atoms. The third-order valence-electron chi connectivity index (χ3n) is 5.62. The highest BCUT2D eigenvalue weighted by Gasteiger charge is 2.17. The normalized spacial score (nSPS) is 13.8. The maximum atomic E-state index is 9.61. The molecule has 2 heterocycles. The van der Waals surface area contributed by atoms with Crippen LogP contribution in [0.15, 0.2) is 65.7 Å². The van der Waals surface area contributed by atoms with Crippen LogP contribution in [0.3, 0.4) is 0 Å². The molecule has 3 N–H and O–H groups in total. The Balaban J connectivity index is 0.00000306. The van der Waals surface area contributed by atoms with Crippen LogP contribution in [0.2, 0.25) is 0 Å². The number of nitrogens with zero attached hydrogens (tertiary/aromatic N) is 5. The maximum absolute atomic E-state index is 9.61. The number of aryl methyl sites for hydroxylation is 1. The molecule has 3 aromatic rings. The second-order valence-electron chi connectivity index (χ2n) is 7.91. The van der Waals surface area contributed by atoms with E-state index in [1.165, 1.54) is 19.3 Å². The number of benzene rings is 2. The van der Waals surface area contributed by atoms with Crippen LogP contribution in [-0.2, 0) is 6.42 Å². The first-order valence-corrected chi connectivity index (χ1v) is 11.2. The number of hydrogen-bond donors (Lipinski definition) is 2. The molecular weight excluding hydrogens is 525 g/mol. The summed E-state index contributed by atoms with van der Waals surface area (Å²) in [5.74, 6) is 1.31. The molecule has 1 fully saturated rings. The fraction of sp³-hybridized carbons (Fsp3) is 0.320. The van der Waals surface area contributed by atoms with Crippen LogP contribution >= 0.6 is 24.0 Å². The molecule has 0 aliphatic carbocycles. The van der Waals surface area contributed by atoms with Crippen molar-refractivity contribution in [1.29, 1.82) is 5.26 Å². The summed E-state index contributed by atoms with van der Waals surface area (Å²) in [5.41, 5.74) is 9.29. The summed E-state index contributed by atoms with van der Waals surface area (Å²) in [7, 11) is 0. The summed E-state index contributed by atoms with van der Waals surface area (Å²) in [6, 6.07) is 22.0. The lowest BCUT2D eigenvalue weighted by atomic mass is 10.1. The molecule has 8 heteroatoms. The van der Waals surface area contributed by atoms with E-state index in [0.29, 0.717) is 24.3 Å². The molecule has 0 unspecified atom stereocenters. The minimum Gasteiger partial charge on any atom is -0.382 e. The molecule has 7 nitrogen and oxygen atoms in total. The molecule has 0 radical (unpaired) electrons. The summed E-state index contributed by atoms with van der Waals surface area (Å²) in [4.78, 5) is 7.22. The second kappa shape index (κ2) is 12.3. The molecule has 33 heavy (non-hydrogen) atoms. The van der Waals surface area contributed by atoms with Crippen LogP contribution in [-0.4, -0.2) is 40.3 Å². The summed E-state index contributed by atoms with van der Waals surface area (Å²) in [5, 5.41) is 17.7. The maximum Gasteiger partial charge on any atom is 0.198 e. The first-order chi connectivity index (χ1) is 15.8. The number of nitrogens with two attached hydrogens (primary N) is 1. The SMILES string of the molecule is I.N#Cc1c(CCCN=C(Nc2ccccc2)N2CCCCC2)nn(-c2ccccc2)c1N. The van der Waals surface area contributed by atoms with Crippen molar-refractivity contribution in [1.82, 2.24) is 14.7 Å². The number of nitrogens with one attached hydrogen (secondary N) is 1. The van der Waals surface area contributed by atoms with E-state index in [0.717, 1.165) is 42.5 Å². The van der Waals surface area contributed by atoms with Crippen LogP contribution in [0.25, 0.3) is 5.69 Å². The number of rotatable bonds is 6. The molecule has 1 saturated heterocycles. The van der Waals surface area contributed by atoms with Crippen molar-refractivity contribution >= 4 is 41.4 Å². The summed E-state index contributed by atoms with van der Waals surface area (Å²) < 4.78 is 1.65. The molecule has 0 amide bonds. The topological polar surface area (TPSA) is 95.3 Å². The van der Waals surface area contributed by atoms with E-state index in [4.69, 9.17) is 10.7 Å². The van der Waals surface area contributed by atoms with Crippen LogP contribution in [0, 0.1) is 11.3 Å². The largest absolute Gasteiger partial charge is 0.382 e. The summed E-state index contributed by atoms with van der Waals surface area (Å²) >= 11 is 0. The minimum atomic E-state index is 0. The van der Waals surface area contributed by atoms with Crippen LogP contribution in [0.4, 0.5) is 11.5 Å². The molecular formula is C25H30IN7. The van der Waals surface area contributed by atoms with Crippen LogP contribution < -0.4 is 11.1 Å². The fourth-order valence-corrected chi connectivity index (χ4v) is 3.95. The Morgan fingerprint density at radius 1 is 1.03 bits per heavy atom.